The molecule has 166 valence electrons. The lowest BCUT2D eigenvalue weighted by Gasteiger charge is -2.16. The van der Waals surface area contributed by atoms with Gasteiger partial charge in [-0.15, -0.1) is 0 Å². The molecular formula is C21H15F3N3O4S-. The normalized spacial score (nSPS) is 12.3. The van der Waals surface area contributed by atoms with Gasteiger partial charge in [-0.3, -0.25) is 9.00 Å². The predicted octanol–water partition coefficient (Wildman–Crippen LogP) is 3.63. The molecule has 1 atom stereocenters. The summed E-state index contributed by atoms with van der Waals surface area (Å²) in [5.74, 6) is -4.33. The lowest BCUT2D eigenvalue weighted by Crippen LogP contribution is -2.17. The van der Waals surface area contributed by atoms with Gasteiger partial charge in [-0.05, 0) is 23.8 Å². The highest BCUT2D eigenvalue weighted by atomic mass is 32.2. The fraction of sp³-hybridized carbons (Fsp3) is 0.0952. The Morgan fingerprint density at radius 1 is 1.12 bits per heavy atom. The van der Waals surface area contributed by atoms with Crippen molar-refractivity contribution in [2.75, 3.05) is 0 Å². The molecule has 0 aliphatic carbocycles. The first-order valence-electron chi connectivity index (χ1n) is 9.19. The number of benzene rings is 2. The first-order valence-corrected chi connectivity index (χ1v) is 10.3. The van der Waals surface area contributed by atoms with Crippen molar-refractivity contribution >= 4 is 22.2 Å². The van der Waals surface area contributed by atoms with Crippen LogP contribution in [0.1, 0.15) is 5.56 Å². The first-order chi connectivity index (χ1) is 15.2. The van der Waals surface area contributed by atoms with Gasteiger partial charge in [0.2, 0.25) is 0 Å². The van der Waals surface area contributed by atoms with Crippen molar-refractivity contribution in [2.45, 2.75) is 6.54 Å². The summed E-state index contributed by atoms with van der Waals surface area (Å²) in [6.07, 6.45) is 3.10. The molecule has 2 heterocycles. The Bertz CT molecular complexity index is 1390. The summed E-state index contributed by atoms with van der Waals surface area (Å²) in [6.45, 7) is -0.0509. The van der Waals surface area contributed by atoms with Gasteiger partial charge in [-0.25, -0.2) is 17.9 Å². The van der Waals surface area contributed by atoms with Gasteiger partial charge in [0.15, 0.2) is 17.4 Å². The van der Waals surface area contributed by atoms with Gasteiger partial charge in [0.1, 0.15) is 17.1 Å². The Morgan fingerprint density at radius 3 is 2.53 bits per heavy atom. The van der Waals surface area contributed by atoms with Crippen LogP contribution in [-0.4, -0.2) is 18.3 Å². The number of halogens is 3. The molecule has 0 saturated heterocycles. The van der Waals surface area contributed by atoms with Crippen LogP contribution in [-0.2, 0) is 24.9 Å². The number of nitrogens with one attached hydrogen (secondary N) is 2. The fourth-order valence-electron chi connectivity index (χ4n) is 3.35. The molecule has 0 radical (unpaired) electrons. The van der Waals surface area contributed by atoms with Crippen LogP contribution in [0.5, 0.6) is 11.5 Å². The summed E-state index contributed by atoms with van der Waals surface area (Å²) in [5.41, 5.74) is 1.37. The summed E-state index contributed by atoms with van der Waals surface area (Å²) in [6, 6.07) is 7.14. The molecule has 2 aromatic carbocycles. The summed E-state index contributed by atoms with van der Waals surface area (Å²) in [5, 5.41) is 0.524. The zero-order valence-corrected chi connectivity index (χ0v) is 17.3. The van der Waals surface area contributed by atoms with Crippen LogP contribution in [0.2, 0.25) is 0 Å². The minimum atomic E-state index is -2.50. The second kappa shape index (κ2) is 8.61. The topological polar surface area (TPSA) is 99.2 Å². The van der Waals surface area contributed by atoms with E-state index in [-0.39, 0.29) is 17.9 Å². The number of hydrogen-bond acceptors (Lipinski definition) is 4. The van der Waals surface area contributed by atoms with Crippen LogP contribution in [0, 0.1) is 17.5 Å². The molecule has 11 heteroatoms. The van der Waals surface area contributed by atoms with E-state index in [1.807, 2.05) is 0 Å². The van der Waals surface area contributed by atoms with E-state index in [1.165, 1.54) is 29.9 Å². The number of nitrogens with zero attached hydrogens (tertiary/aromatic N) is 1. The highest BCUT2D eigenvalue weighted by Crippen LogP contribution is 2.38. The number of aryl methyl sites for hydroxylation is 1. The van der Waals surface area contributed by atoms with Gasteiger partial charge in [0, 0.05) is 65.9 Å². The maximum absolute atomic E-state index is 14.2. The van der Waals surface area contributed by atoms with Crippen molar-refractivity contribution in [3.63, 3.8) is 0 Å². The molecule has 0 fully saturated rings. The number of pyridine rings is 1. The van der Waals surface area contributed by atoms with E-state index in [2.05, 4.69) is 9.71 Å². The van der Waals surface area contributed by atoms with Gasteiger partial charge in [0.25, 0.3) is 5.56 Å². The van der Waals surface area contributed by atoms with Crippen molar-refractivity contribution in [3.8, 4) is 22.6 Å². The lowest BCUT2D eigenvalue weighted by molar-refractivity contribution is 0.402. The van der Waals surface area contributed by atoms with E-state index < -0.39 is 34.5 Å². The maximum atomic E-state index is 14.2. The van der Waals surface area contributed by atoms with Crippen LogP contribution in [0.15, 0.2) is 53.6 Å². The van der Waals surface area contributed by atoms with Crippen LogP contribution in [0.3, 0.4) is 0 Å². The van der Waals surface area contributed by atoms with E-state index in [0.29, 0.717) is 39.7 Å². The number of hydrogen-bond donors (Lipinski definition) is 2. The number of aromatic amines is 1. The fourth-order valence-corrected chi connectivity index (χ4v) is 3.63. The number of H-pyrrole nitrogens is 1. The number of fused-ring (bicyclic) bond motifs is 1. The van der Waals surface area contributed by atoms with Crippen LogP contribution in [0.25, 0.3) is 22.0 Å². The third-order valence-electron chi connectivity index (χ3n) is 4.80. The third-order valence-corrected chi connectivity index (χ3v) is 5.18. The molecule has 4 rings (SSSR count). The Morgan fingerprint density at radius 2 is 1.84 bits per heavy atom. The van der Waals surface area contributed by atoms with E-state index in [0.717, 1.165) is 0 Å². The summed E-state index contributed by atoms with van der Waals surface area (Å²) >= 11 is -2.50. The molecule has 0 aliphatic heterocycles. The van der Waals surface area contributed by atoms with Crippen molar-refractivity contribution in [1.29, 1.82) is 0 Å². The zero-order valence-electron chi connectivity index (χ0n) is 16.4. The molecule has 2 N–H and O–H groups in total. The van der Waals surface area contributed by atoms with Crippen molar-refractivity contribution in [2.24, 2.45) is 7.05 Å². The molecule has 0 aliphatic rings. The molecule has 1 unspecified atom stereocenters. The summed E-state index contributed by atoms with van der Waals surface area (Å²) in [4.78, 5) is 15.3. The summed E-state index contributed by atoms with van der Waals surface area (Å²) in [7, 11) is 1.54. The minimum absolute atomic E-state index is 0.0163. The molecule has 0 spiro atoms. The van der Waals surface area contributed by atoms with E-state index in [1.54, 1.807) is 18.3 Å². The van der Waals surface area contributed by atoms with Gasteiger partial charge >= 0.3 is 0 Å². The molecule has 2 aromatic heterocycles. The second-order valence-corrected chi connectivity index (χ2v) is 7.67. The van der Waals surface area contributed by atoms with Crippen molar-refractivity contribution in [3.05, 3.63) is 82.2 Å². The SMILES string of the molecule is Cn1cc(-c2cc(CNS(=O)[O-])ccc2Oc2c(F)cc(F)cc2F)c2cc[nH]c2c1=O. The highest BCUT2D eigenvalue weighted by Gasteiger charge is 2.19. The predicted molar refractivity (Wildman–Crippen MR) is 111 cm³/mol. The van der Waals surface area contributed by atoms with Gasteiger partial charge in [-0.2, -0.15) is 0 Å². The molecule has 4 aromatic rings. The van der Waals surface area contributed by atoms with Gasteiger partial charge in [0.05, 0.1) is 0 Å². The second-order valence-electron chi connectivity index (χ2n) is 6.91. The van der Waals surface area contributed by atoms with Gasteiger partial charge in [-0.1, -0.05) is 6.07 Å². The zero-order chi connectivity index (χ0) is 23.0. The van der Waals surface area contributed by atoms with Crippen LogP contribution in [0.4, 0.5) is 13.2 Å². The Kier molecular flexibility index (Phi) is 5.87. The van der Waals surface area contributed by atoms with Crippen LogP contribution < -0.4 is 15.0 Å². The van der Waals surface area contributed by atoms with Crippen LogP contribution >= 0.6 is 0 Å². The third kappa shape index (κ3) is 4.17. The smallest absolute Gasteiger partial charge is 0.274 e. The monoisotopic (exact) mass is 462 g/mol. The molecule has 0 saturated carbocycles. The molecule has 0 bridgehead atoms. The Hall–Kier alpha value is -3.41. The molecular weight excluding hydrogens is 447 g/mol. The largest absolute Gasteiger partial charge is 0.760 e. The Labute approximate surface area is 181 Å². The lowest BCUT2D eigenvalue weighted by atomic mass is 10.00. The quantitative estimate of drug-likeness (QED) is 0.428. The van der Waals surface area contributed by atoms with Crippen molar-refractivity contribution in [1.82, 2.24) is 14.3 Å². The average molecular weight is 462 g/mol. The maximum Gasteiger partial charge on any atom is 0.274 e. The van der Waals surface area contributed by atoms with Crippen molar-refractivity contribution < 1.29 is 26.7 Å². The minimum Gasteiger partial charge on any atom is -0.760 e. The van der Waals surface area contributed by atoms with E-state index in [9.17, 15) is 26.7 Å². The van der Waals surface area contributed by atoms with E-state index in [4.69, 9.17) is 4.74 Å². The first kappa shape index (κ1) is 21.8. The highest BCUT2D eigenvalue weighted by molar-refractivity contribution is 7.77. The van der Waals surface area contributed by atoms with E-state index >= 15 is 0 Å². The number of ether oxygens (including phenoxy) is 1. The molecule has 0 amide bonds. The molecule has 7 nitrogen and oxygen atoms in total. The molecule has 32 heavy (non-hydrogen) atoms. The standard InChI is InChI=1S/C21H16F3N3O4S/c1-27-10-15(13-4-5-25-19(13)21(27)28)14-6-11(9-26-32(29)30)2-3-18(14)31-20-16(23)7-12(22)8-17(20)24/h2-8,10,25-26H,9H2,1H3,(H,29,30)/p-1. The number of aromatic nitrogens is 2. The average Bonchev–Trinajstić information content (AvgIpc) is 3.22. The van der Waals surface area contributed by atoms with Gasteiger partial charge < -0.3 is 18.8 Å². The number of rotatable bonds is 6. The summed E-state index contributed by atoms with van der Waals surface area (Å²) < 4.78 is 72.5. The Balaban J connectivity index is 1.91.